The van der Waals surface area contributed by atoms with Crippen molar-refractivity contribution in [2.45, 2.75) is 36.8 Å². The molecule has 0 bridgehead atoms. The molecule has 0 fully saturated rings. The summed E-state index contributed by atoms with van der Waals surface area (Å²) in [6.45, 7) is 2.09. The molecule has 1 rings (SSSR count). The summed E-state index contributed by atoms with van der Waals surface area (Å²) >= 11 is 1.06. The molecule has 1 aromatic rings. The number of nitrogens with zero attached hydrogens (tertiary/aromatic N) is 2. The standard InChI is InChI=1S/C8H13N3O3S/c1-2-3-5(7(12)13)15-8-11-10-6(4-9)14-8/h5H,2-4,9H2,1H3,(H,12,13). The molecule has 0 aliphatic heterocycles. The van der Waals surface area contributed by atoms with Crippen molar-refractivity contribution in [3.8, 4) is 0 Å². The maximum Gasteiger partial charge on any atom is 0.317 e. The highest BCUT2D eigenvalue weighted by molar-refractivity contribution is 8.00. The third-order valence-corrected chi connectivity index (χ3v) is 2.78. The maximum absolute atomic E-state index is 10.8. The summed E-state index contributed by atoms with van der Waals surface area (Å²) in [6.07, 6.45) is 1.36. The van der Waals surface area contributed by atoms with Crippen molar-refractivity contribution in [1.29, 1.82) is 0 Å². The first-order valence-corrected chi connectivity index (χ1v) is 5.47. The fourth-order valence-electron chi connectivity index (χ4n) is 0.985. The molecule has 6 nitrogen and oxygen atoms in total. The van der Waals surface area contributed by atoms with Crippen LogP contribution < -0.4 is 5.73 Å². The topological polar surface area (TPSA) is 102 Å². The molecule has 3 N–H and O–H groups in total. The van der Waals surface area contributed by atoms with Crippen LogP contribution in [-0.2, 0) is 11.3 Å². The van der Waals surface area contributed by atoms with Gasteiger partial charge >= 0.3 is 5.97 Å². The van der Waals surface area contributed by atoms with Gasteiger partial charge in [-0.1, -0.05) is 25.1 Å². The average molecular weight is 231 g/mol. The number of hydrogen-bond donors (Lipinski definition) is 2. The highest BCUT2D eigenvalue weighted by atomic mass is 32.2. The minimum Gasteiger partial charge on any atom is -0.480 e. The Hall–Kier alpha value is -1.08. The number of thioether (sulfide) groups is 1. The Labute approximate surface area is 91.2 Å². The quantitative estimate of drug-likeness (QED) is 0.700. The van der Waals surface area contributed by atoms with Gasteiger partial charge in [-0.15, -0.1) is 10.2 Å². The molecular weight excluding hydrogens is 218 g/mol. The number of carboxylic acids is 1. The zero-order valence-corrected chi connectivity index (χ0v) is 9.16. The zero-order valence-electron chi connectivity index (χ0n) is 8.34. The lowest BCUT2D eigenvalue weighted by Crippen LogP contribution is -2.15. The van der Waals surface area contributed by atoms with Gasteiger partial charge in [0.05, 0.1) is 6.54 Å². The molecule has 0 aliphatic carbocycles. The van der Waals surface area contributed by atoms with Crippen LogP contribution in [0.3, 0.4) is 0 Å². The first-order chi connectivity index (χ1) is 7.17. The molecule has 0 amide bonds. The van der Waals surface area contributed by atoms with Crippen LogP contribution in [0.2, 0.25) is 0 Å². The first-order valence-electron chi connectivity index (χ1n) is 4.59. The lowest BCUT2D eigenvalue weighted by atomic mass is 10.2. The Morgan fingerprint density at radius 2 is 2.40 bits per heavy atom. The van der Waals surface area contributed by atoms with Crippen molar-refractivity contribution in [2.24, 2.45) is 5.73 Å². The number of carbonyl (C=O) groups is 1. The van der Waals surface area contributed by atoms with Gasteiger partial charge in [0.2, 0.25) is 5.89 Å². The Bertz CT molecular complexity index is 329. The molecule has 0 aliphatic rings. The van der Waals surface area contributed by atoms with E-state index in [0.717, 1.165) is 18.2 Å². The second-order valence-corrected chi connectivity index (χ2v) is 4.05. The molecule has 7 heteroatoms. The lowest BCUT2D eigenvalue weighted by Gasteiger charge is -2.06. The normalized spacial score (nSPS) is 12.7. The van der Waals surface area contributed by atoms with Gasteiger partial charge < -0.3 is 15.3 Å². The number of carboxylic acid groups (broad SMARTS) is 1. The highest BCUT2D eigenvalue weighted by Gasteiger charge is 2.20. The van der Waals surface area contributed by atoms with Crippen LogP contribution in [-0.4, -0.2) is 26.5 Å². The Balaban J connectivity index is 2.61. The summed E-state index contributed by atoms with van der Waals surface area (Å²) in [5, 5.41) is 16.0. The van der Waals surface area contributed by atoms with E-state index in [9.17, 15) is 4.79 Å². The molecule has 0 saturated carbocycles. The van der Waals surface area contributed by atoms with Crippen LogP contribution in [0.25, 0.3) is 0 Å². The Morgan fingerprint density at radius 1 is 1.67 bits per heavy atom. The number of rotatable bonds is 6. The Kier molecular flexibility index (Phi) is 4.57. The van der Waals surface area contributed by atoms with Crippen molar-refractivity contribution < 1.29 is 14.3 Å². The van der Waals surface area contributed by atoms with E-state index >= 15 is 0 Å². The fraction of sp³-hybridized carbons (Fsp3) is 0.625. The van der Waals surface area contributed by atoms with E-state index in [1.54, 1.807) is 0 Å². The van der Waals surface area contributed by atoms with Gasteiger partial charge in [0.15, 0.2) is 0 Å². The minimum absolute atomic E-state index is 0.166. The molecule has 0 spiro atoms. The molecule has 15 heavy (non-hydrogen) atoms. The van der Waals surface area contributed by atoms with Crippen LogP contribution in [0.15, 0.2) is 9.64 Å². The van der Waals surface area contributed by atoms with Gasteiger partial charge in [-0.25, -0.2) is 0 Å². The van der Waals surface area contributed by atoms with Gasteiger partial charge in [0.25, 0.3) is 5.22 Å². The summed E-state index contributed by atoms with van der Waals surface area (Å²) in [6, 6.07) is 0. The first kappa shape index (κ1) is 12.0. The molecule has 0 aromatic carbocycles. The molecule has 1 aromatic heterocycles. The van der Waals surface area contributed by atoms with Gasteiger partial charge in [-0.05, 0) is 6.42 Å². The number of aliphatic carboxylic acids is 1. The second kappa shape index (κ2) is 5.72. The zero-order chi connectivity index (χ0) is 11.3. The predicted octanol–water partition coefficient (Wildman–Crippen LogP) is 0.874. The molecule has 1 heterocycles. The van der Waals surface area contributed by atoms with Crippen LogP contribution in [0.4, 0.5) is 0 Å². The van der Waals surface area contributed by atoms with Crippen molar-refractivity contribution in [3.05, 3.63) is 5.89 Å². The van der Waals surface area contributed by atoms with Crippen molar-refractivity contribution in [2.75, 3.05) is 0 Å². The summed E-state index contributed by atoms with van der Waals surface area (Å²) < 4.78 is 5.11. The largest absolute Gasteiger partial charge is 0.480 e. The number of nitrogens with two attached hydrogens (primary N) is 1. The minimum atomic E-state index is -0.866. The molecule has 0 saturated heterocycles. The highest BCUT2D eigenvalue weighted by Crippen LogP contribution is 2.25. The SMILES string of the molecule is CCCC(Sc1nnc(CN)o1)C(=O)O. The van der Waals surface area contributed by atoms with E-state index in [2.05, 4.69) is 10.2 Å². The van der Waals surface area contributed by atoms with Gasteiger partial charge in [-0.2, -0.15) is 0 Å². The number of hydrogen-bond acceptors (Lipinski definition) is 6. The molecular formula is C8H13N3O3S. The van der Waals surface area contributed by atoms with E-state index in [-0.39, 0.29) is 11.8 Å². The fourth-order valence-corrected chi connectivity index (χ4v) is 1.92. The predicted molar refractivity (Wildman–Crippen MR) is 54.4 cm³/mol. The third-order valence-electron chi connectivity index (χ3n) is 1.69. The summed E-state index contributed by atoms with van der Waals surface area (Å²) in [5.41, 5.74) is 5.29. The van der Waals surface area contributed by atoms with Crippen LogP contribution in [0.5, 0.6) is 0 Å². The van der Waals surface area contributed by atoms with E-state index in [4.69, 9.17) is 15.3 Å². The van der Waals surface area contributed by atoms with Crippen molar-refractivity contribution >= 4 is 17.7 Å². The van der Waals surface area contributed by atoms with Crippen molar-refractivity contribution in [3.63, 3.8) is 0 Å². The molecule has 1 atom stereocenters. The van der Waals surface area contributed by atoms with Gasteiger partial charge in [0.1, 0.15) is 5.25 Å². The lowest BCUT2D eigenvalue weighted by molar-refractivity contribution is -0.136. The molecule has 84 valence electrons. The van der Waals surface area contributed by atoms with E-state index in [1.807, 2.05) is 6.92 Å². The smallest absolute Gasteiger partial charge is 0.317 e. The third kappa shape index (κ3) is 3.52. The Morgan fingerprint density at radius 3 is 2.87 bits per heavy atom. The number of aromatic nitrogens is 2. The van der Waals surface area contributed by atoms with Crippen LogP contribution >= 0.6 is 11.8 Å². The van der Waals surface area contributed by atoms with Gasteiger partial charge in [-0.3, -0.25) is 4.79 Å². The van der Waals surface area contributed by atoms with E-state index in [1.165, 1.54) is 0 Å². The van der Waals surface area contributed by atoms with Crippen LogP contribution in [0, 0.1) is 0 Å². The molecule has 1 unspecified atom stereocenters. The van der Waals surface area contributed by atoms with E-state index in [0.29, 0.717) is 12.3 Å². The monoisotopic (exact) mass is 231 g/mol. The van der Waals surface area contributed by atoms with Gasteiger partial charge in [0, 0.05) is 0 Å². The van der Waals surface area contributed by atoms with Crippen molar-refractivity contribution in [1.82, 2.24) is 10.2 Å². The second-order valence-electron chi connectivity index (χ2n) is 2.90. The maximum atomic E-state index is 10.8. The summed E-state index contributed by atoms with van der Waals surface area (Å²) in [4.78, 5) is 10.8. The summed E-state index contributed by atoms with van der Waals surface area (Å²) in [5.74, 6) is -0.549. The van der Waals surface area contributed by atoms with E-state index < -0.39 is 11.2 Å². The molecule has 0 radical (unpaired) electrons. The van der Waals surface area contributed by atoms with Crippen LogP contribution in [0.1, 0.15) is 25.7 Å². The average Bonchev–Trinajstić information content (AvgIpc) is 2.65. The summed E-state index contributed by atoms with van der Waals surface area (Å²) in [7, 11) is 0.